The number of sulfonamides is 1. The summed E-state index contributed by atoms with van der Waals surface area (Å²) in [6.45, 7) is -0.134. The summed E-state index contributed by atoms with van der Waals surface area (Å²) < 4.78 is 51.8. The Hall–Kier alpha value is -0.710. The van der Waals surface area contributed by atoms with E-state index in [0.717, 1.165) is 10.6 Å². The predicted octanol–water partition coefficient (Wildman–Crippen LogP) is -1.12. The van der Waals surface area contributed by atoms with Crippen LogP contribution in [0.1, 0.15) is 12.8 Å². The van der Waals surface area contributed by atoms with E-state index >= 15 is 0 Å². The molecular weight excluding hydrogens is 298 g/mol. The molecule has 1 N–H and O–H groups in total. The Morgan fingerprint density at radius 1 is 1.26 bits per heavy atom. The van der Waals surface area contributed by atoms with Crippen molar-refractivity contribution >= 4 is 25.8 Å². The third kappa shape index (κ3) is 5.85. The van der Waals surface area contributed by atoms with Crippen LogP contribution in [0.15, 0.2) is 0 Å². The molecule has 1 saturated heterocycles. The summed E-state index contributed by atoms with van der Waals surface area (Å²) in [7, 11) is -7.43. The van der Waals surface area contributed by atoms with E-state index in [1.807, 2.05) is 0 Å². The number of nitrogens with zero attached hydrogens (tertiary/aromatic N) is 1. The lowest BCUT2D eigenvalue weighted by Crippen LogP contribution is -2.43. The molecule has 0 radical (unpaired) electrons. The topological polar surface area (TPSA) is 118 Å². The quantitative estimate of drug-likeness (QED) is 0.659. The summed E-state index contributed by atoms with van der Waals surface area (Å²) in [4.78, 5) is 10.3. The van der Waals surface area contributed by atoms with Crippen LogP contribution in [-0.2, 0) is 29.4 Å². The molecule has 19 heavy (non-hydrogen) atoms. The average molecular weight is 315 g/mol. The summed E-state index contributed by atoms with van der Waals surface area (Å²) in [5.74, 6) is -1.08. The second-order valence-corrected chi connectivity index (χ2v) is 8.93. The number of hydrogen-bond donors (Lipinski definition) is 1. The van der Waals surface area contributed by atoms with Crippen molar-refractivity contribution in [2.45, 2.75) is 18.9 Å². The molecule has 1 heterocycles. The number of carbonyl (C=O) groups is 1. The van der Waals surface area contributed by atoms with Gasteiger partial charge in [0.05, 0.1) is 6.10 Å². The maximum Gasteiger partial charge on any atom is 0.329 e. The van der Waals surface area contributed by atoms with Crippen LogP contribution in [0.25, 0.3) is 0 Å². The van der Waals surface area contributed by atoms with Gasteiger partial charge in [-0.1, -0.05) is 0 Å². The second kappa shape index (κ2) is 6.16. The molecule has 0 amide bonds. The lowest BCUT2D eigenvalue weighted by molar-refractivity contribution is -0.145. The maximum atomic E-state index is 11.8. The highest BCUT2D eigenvalue weighted by Gasteiger charge is 2.31. The first-order valence-electron chi connectivity index (χ1n) is 5.59. The van der Waals surface area contributed by atoms with Crippen LogP contribution in [0.5, 0.6) is 0 Å². The molecule has 0 aromatic rings. The molecule has 1 aliphatic rings. The zero-order valence-electron chi connectivity index (χ0n) is 10.5. The molecule has 0 aromatic carbocycles. The Morgan fingerprint density at radius 3 is 2.21 bits per heavy atom. The fraction of sp³-hybridized carbons (Fsp3) is 0.889. The molecule has 0 atom stereocenters. The molecule has 1 rings (SSSR count). The van der Waals surface area contributed by atoms with Gasteiger partial charge in [-0.3, -0.25) is 0 Å². The predicted molar refractivity (Wildman–Crippen MR) is 66.8 cm³/mol. The minimum atomic E-state index is -3.82. The number of aliphatic carboxylic acids is 1. The molecule has 0 unspecified atom stereocenters. The standard InChI is InChI=1S/C9H17NO7S2/c1-18(13,14)7-19(15,16)10-4-2-8(3-5-10)17-6-9(11)12/h8H,2-7H2,1H3,(H,11,12). The average Bonchev–Trinajstić information content (AvgIpc) is 2.23. The number of rotatable bonds is 6. The van der Waals surface area contributed by atoms with Crippen molar-refractivity contribution in [1.82, 2.24) is 4.31 Å². The van der Waals surface area contributed by atoms with Crippen molar-refractivity contribution in [1.29, 1.82) is 0 Å². The third-order valence-corrected chi connectivity index (χ3v) is 6.66. The largest absolute Gasteiger partial charge is 0.480 e. The Bertz CT molecular complexity index is 517. The Balaban J connectivity index is 2.52. The Morgan fingerprint density at radius 2 is 1.79 bits per heavy atom. The van der Waals surface area contributed by atoms with Gasteiger partial charge in [-0.2, -0.15) is 0 Å². The van der Waals surface area contributed by atoms with Crippen LogP contribution < -0.4 is 0 Å². The first-order valence-corrected chi connectivity index (χ1v) is 9.26. The summed E-state index contributed by atoms with van der Waals surface area (Å²) in [6, 6.07) is 0. The number of carboxylic acid groups (broad SMARTS) is 1. The number of hydrogen-bond acceptors (Lipinski definition) is 6. The molecule has 112 valence electrons. The SMILES string of the molecule is CS(=O)(=O)CS(=O)(=O)N1CCC(OCC(=O)O)CC1. The highest BCUT2D eigenvalue weighted by atomic mass is 32.3. The summed E-state index contributed by atoms with van der Waals surface area (Å²) in [5.41, 5.74) is 0. The van der Waals surface area contributed by atoms with E-state index in [1.165, 1.54) is 0 Å². The van der Waals surface area contributed by atoms with E-state index in [4.69, 9.17) is 9.84 Å². The normalized spacial score (nSPS) is 19.4. The number of piperidine rings is 1. The molecule has 0 spiro atoms. The maximum absolute atomic E-state index is 11.8. The van der Waals surface area contributed by atoms with Crippen LogP contribution in [0, 0.1) is 0 Å². The van der Waals surface area contributed by atoms with Gasteiger partial charge in [-0.15, -0.1) is 0 Å². The van der Waals surface area contributed by atoms with Crippen molar-refractivity contribution in [3.63, 3.8) is 0 Å². The molecule has 0 aromatic heterocycles. The fourth-order valence-electron chi connectivity index (χ4n) is 1.81. The lowest BCUT2D eigenvalue weighted by Gasteiger charge is -2.30. The van der Waals surface area contributed by atoms with Gasteiger partial charge in [0, 0.05) is 19.3 Å². The van der Waals surface area contributed by atoms with Gasteiger partial charge < -0.3 is 9.84 Å². The first kappa shape index (κ1) is 16.3. The van der Waals surface area contributed by atoms with Gasteiger partial charge in [0.2, 0.25) is 10.0 Å². The minimum Gasteiger partial charge on any atom is -0.480 e. The zero-order chi connectivity index (χ0) is 14.7. The van der Waals surface area contributed by atoms with Gasteiger partial charge in [-0.25, -0.2) is 25.9 Å². The fourth-order valence-corrected chi connectivity index (χ4v) is 5.34. The molecule has 10 heteroatoms. The van der Waals surface area contributed by atoms with Crippen LogP contribution in [-0.4, -0.2) is 69.4 Å². The number of ether oxygens (including phenoxy) is 1. The first-order chi connectivity index (χ1) is 8.60. The number of sulfone groups is 1. The van der Waals surface area contributed by atoms with Crippen LogP contribution in [0.3, 0.4) is 0 Å². The molecule has 0 aliphatic carbocycles. The highest BCUT2D eigenvalue weighted by molar-refractivity contribution is 8.06. The van der Waals surface area contributed by atoms with Gasteiger partial charge in [-0.05, 0) is 12.8 Å². The lowest BCUT2D eigenvalue weighted by atomic mass is 10.1. The van der Waals surface area contributed by atoms with Crippen LogP contribution in [0.4, 0.5) is 0 Å². The molecular formula is C9H17NO7S2. The Kier molecular flexibility index (Phi) is 5.30. The van der Waals surface area contributed by atoms with Crippen LogP contribution >= 0.6 is 0 Å². The summed E-state index contributed by atoms with van der Waals surface area (Å²) in [6.07, 6.45) is 1.28. The zero-order valence-corrected chi connectivity index (χ0v) is 12.1. The summed E-state index contributed by atoms with van der Waals surface area (Å²) >= 11 is 0. The van der Waals surface area contributed by atoms with E-state index < -0.39 is 37.5 Å². The van der Waals surface area contributed by atoms with Gasteiger partial charge in [0.1, 0.15) is 6.61 Å². The molecule has 0 saturated carbocycles. The van der Waals surface area contributed by atoms with Gasteiger partial charge in [0.25, 0.3) is 0 Å². The third-order valence-electron chi connectivity index (χ3n) is 2.60. The molecule has 0 bridgehead atoms. The van der Waals surface area contributed by atoms with Crippen molar-refractivity contribution in [2.24, 2.45) is 0 Å². The second-order valence-electron chi connectivity index (χ2n) is 4.46. The van der Waals surface area contributed by atoms with Crippen LogP contribution in [0.2, 0.25) is 0 Å². The van der Waals surface area contributed by atoms with Crippen molar-refractivity contribution in [2.75, 3.05) is 31.0 Å². The van der Waals surface area contributed by atoms with E-state index in [2.05, 4.69) is 0 Å². The van der Waals surface area contributed by atoms with E-state index in [0.29, 0.717) is 12.8 Å². The van der Waals surface area contributed by atoms with Crippen molar-refractivity contribution in [3.05, 3.63) is 0 Å². The van der Waals surface area contributed by atoms with E-state index in [9.17, 15) is 21.6 Å². The highest BCUT2D eigenvalue weighted by Crippen LogP contribution is 2.17. The van der Waals surface area contributed by atoms with Gasteiger partial charge >= 0.3 is 5.97 Å². The molecule has 1 aliphatic heterocycles. The number of carboxylic acids is 1. The van der Waals surface area contributed by atoms with Gasteiger partial charge in [0.15, 0.2) is 14.9 Å². The summed E-state index contributed by atoms with van der Waals surface area (Å²) in [5, 5.41) is 7.55. The smallest absolute Gasteiger partial charge is 0.329 e. The molecule has 1 fully saturated rings. The minimum absolute atomic E-state index is 0.141. The molecule has 8 nitrogen and oxygen atoms in total. The van der Waals surface area contributed by atoms with Crippen molar-refractivity contribution < 1.29 is 31.5 Å². The Labute approximate surface area is 112 Å². The monoisotopic (exact) mass is 315 g/mol. The van der Waals surface area contributed by atoms with E-state index in [1.54, 1.807) is 0 Å². The van der Waals surface area contributed by atoms with Crippen molar-refractivity contribution in [3.8, 4) is 0 Å². The van der Waals surface area contributed by atoms with E-state index in [-0.39, 0.29) is 19.2 Å².